The third kappa shape index (κ3) is 3.59. The summed E-state index contributed by atoms with van der Waals surface area (Å²) >= 11 is 0. The summed E-state index contributed by atoms with van der Waals surface area (Å²) in [6, 6.07) is 0. The van der Waals surface area contributed by atoms with Gasteiger partial charge in [0.2, 0.25) is 0 Å². The lowest BCUT2D eigenvalue weighted by atomic mass is 10.1. The quantitative estimate of drug-likeness (QED) is 0.429. The van der Waals surface area contributed by atoms with Crippen molar-refractivity contribution in [3.05, 3.63) is 12.7 Å². The largest absolute Gasteiger partial charge is 0.394 e. The van der Waals surface area contributed by atoms with E-state index < -0.39 is 47.7 Å². The van der Waals surface area contributed by atoms with Crippen molar-refractivity contribution in [2.24, 2.45) is 0 Å². The first-order valence-electron chi connectivity index (χ1n) is 6.91. The van der Waals surface area contributed by atoms with Crippen molar-refractivity contribution in [1.82, 2.24) is 19.5 Å². The van der Waals surface area contributed by atoms with Gasteiger partial charge in [-0.05, 0) is 0 Å². The van der Waals surface area contributed by atoms with E-state index in [1.54, 1.807) is 0 Å². The highest BCUT2D eigenvalue weighted by molar-refractivity contribution is 7.32. The molecular weight excluding hydrogens is 380 g/mol. The Labute approximate surface area is 141 Å². The Bertz CT molecular complexity index is 818. The minimum absolute atomic E-state index is 0.113. The first-order chi connectivity index (χ1) is 11.9. The van der Waals surface area contributed by atoms with Gasteiger partial charge in [0.1, 0.15) is 30.2 Å². The number of nitrogens with two attached hydrogens (primary N) is 1. The SMILES string of the molecule is Nc1ncnc2c1ncn2[C@@H]1O[C@H](CO)[C@@H](O[PH](=O)O)[C@H]1O[PH](=O)O. The molecule has 0 aliphatic carbocycles. The molecular formula is C10H15N5O8P2. The van der Waals surface area contributed by atoms with Crippen LogP contribution in [0.3, 0.4) is 0 Å². The highest BCUT2D eigenvalue weighted by atomic mass is 31.1. The molecule has 0 amide bonds. The highest BCUT2D eigenvalue weighted by Crippen LogP contribution is 2.41. The van der Waals surface area contributed by atoms with Gasteiger partial charge in [0, 0.05) is 0 Å². The van der Waals surface area contributed by atoms with E-state index in [1.165, 1.54) is 17.2 Å². The molecule has 1 aliphatic heterocycles. The lowest BCUT2D eigenvalue weighted by Gasteiger charge is -2.22. The summed E-state index contributed by atoms with van der Waals surface area (Å²) in [6.07, 6.45) is -2.23. The van der Waals surface area contributed by atoms with Crippen LogP contribution < -0.4 is 5.73 Å². The second-order valence-electron chi connectivity index (χ2n) is 5.03. The van der Waals surface area contributed by atoms with Crippen molar-refractivity contribution in [2.75, 3.05) is 12.3 Å². The van der Waals surface area contributed by atoms with Gasteiger partial charge in [-0.1, -0.05) is 0 Å². The molecule has 3 rings (SSSR count). The maximum absolute atomic E-state index is 11.2. The molecule has 13 nitrogen and oxygen atoms in total. The van der Waals surface area contributed by atoms with Gasteiger partial charge in [-0.2, -0.15) is 0 Å². The molecule has 0 radical (unpaired) electrons. The van der Waals surface area contributed by atoms with Crippen LogP contribution in [0.25, 0.3) is 11.2 Å². The van der Waals surface area contributed by atoms with Gasteiger partial charge in [0.05, 0.1) is 12.9 Å². The number of hydrogen-bond acceptors (Lipinski definition) is 10. The number of ether oxygens (including phenoxy) is 1. The molecule has 5 N–H and O–H groups in total. The van der Waals surface area contributed by atoms with E-state index in [4.69, 9.17) is 29.3 Å². The van der Waals surface area contributed by atoms with E-state index in [0.717, 1.165) is 0 Å². The average molecular weight is 395 g/mol. The number of nitrogen functional groups attached to an aromatic ring is 1. The normalized spacial score (nSPS) is 29.1. The summed E-state index contributed by atoms with van der Waals surface area (Å²) in [7, 11) is -6.89. The van der Waals surface area contributed by atoms with Crippen LogP contribution in [0, 0.1) is 0 Å². The predicted octanol–water partition coefficient (Wildman–Crippen LogP) is -1.17. The predicted molar refractivity (Wildman–Crippen MR) is 82.9 cm³/mol. The molecule has 2 aromatic rings. The summed E-state index contributed by atoms with van der Waals surface area (Å²) < 4.78 is 39.0. The van der Waals surface area contributed by atoms with E-state index in [2.05, 4.69) is 15.0 Å². The molecule has 2 unspecified atom stereocenters. The van der Waals surface area contributed by atoms with Crippen LogP contribution in [0.1, 0.15) is 6.23 Å². The van der Waals surface area contributed by atoms with Crippen molar-refractivity contribution >= 4 is 33.5 Å². The van der Waals surface area contributed by atoms with Gasteiger partial charge in [-0.15, -0.1) is 0 Å². The van der Waals surface area contributed by atoms with E-state index in [9.17, 15) is 14.2 Å². The first-order valence-corrected chi connectivity index (χ1v) is 9.43. The Kier molecular flexibility index (Phi) is 5.46. The second-order valence-corrected chi connectivity index (χ2v) is 6.56. The fraction of sp³-hybridized carbons (Fsp3) is 0.500. The molecule has 1 fully saturated rings. The van der Waals surface area contributed by atoms with E-state index in [-0.39, 0.29) is 17.0 Å². The van der Waals surface area contributed by atoms with Crippen LogP contribution in [-0.4, -0.2) is 59.3 Å². The van der Waals surface area contributed by atoms with Crippen LogP contribution in [0.15, 0.2) is 12.7 Å². The second kappa shape index (κ2) is 7.44. The standard InChI is InChI=1S/C10H15N5O8P2/c11-8-5-9(13-2-12-8)15(3-14-5)10-7(23-25(19)20)6(22-24(17)18)4(1-16)21-10/h2-4,6-7,10,16,24-25H,1H2,(H,17,18)(H,19,20)(H2,11,12,13)/t4-,6-,7-,10-/m1/s1. The third-order valence-electron chi connectivity index (χ3n) is 3.60. The van der Waals surface area contributed by atoms with E-state index in [1.807, 2.05) is 0 Å². The number of aliphatic hydroxyl groups is 1. The van der Waals surface area contributed by atoms with Crippen molar-refractivity contribution < 1.29 is 37.8 Å². The Hall–Kier alpha value is -1.43. The smallest absolute Gasteiger partial charge is 0.317 e. The Balaban J connectivity index is 2.04. The van der Waals surface area contributed by atoms with Gasteiger partial charge >= 0.3 is 16.5 Å². The number of imidazole rings is 1. The van der Waals surface area contributed by atoms with Crippen LogP contribution in [0.2, 0.25) is 0 Å². The van der Waals surface area contributed by atoms with Crippen molar-refractivity contribution in [3.63, 3.8) is 0 Å². The number of anilines is 1. The van der Waals surface area contributed by atoms with Gasteiger partial charge < -0.3 is 29.9 Å². The van der Waals surface area contributed by atoms with Crippen molar-refractivity contribution in [2.45, 2.75) is 24.5 Å². The molecule has 2 aromatic heterocycles. The molecule has 6 atom stereocenters. The van der Waals surface area contributed by atoms with Crippen molar-refractivity contribution in [1.29, 1.82) is 0 Å². The van der Waals surface area contributed by atoms with Crippen LogP contribution in [0.4, 0.5) is 5.82 Å². The van der Waals surface area contributed by atoms with Gasteiger partial charge in [0.15, 0.2) is 17.7 Å². The monoisotopic (exact) mass is 395 g/mol. The fourth-order valence-corrected chi connectivity index (χ4v) is 3.64. The average Bonchev–Trinajstić information content (AvgIpc) is 3.10. The fourth-order valence-electron chi connectivity index (χ4n) is 2.64. The van der Waals surface area contributed by atoms with Crippen LogP contribution in [0.5, 0.6) is 0 Å². The number of aliphatic hydroxyl groups excluding tert-OH is 1. The number of aromatic nitrogens is 4. The van der Waals surface area contributed by atoms with Gasteiger partial charge in [-0.3, -0.25) is 18.2 Å². The first kappa shape index (κ1) is 18.4. The zero-order chi connectivity index (χ0) is 18.1. The van der Waals surface area contributed by atoms with Gasteiger partial charge in [0.25, 0.3) is 0 Å². The minimum Gasteiger partial charge on any atom is -0.394 e. The molecule has 3 heterocycles. The van der Waals surface area contributed by atoms with Crippen LogP contribution in [-0.2, 0) is 22.9 Å². The molecule has 0 saturated carbocycles. The third-order valence-corrected chi connectivity index (χ3v) is 4.55. The number of rotatable bonds is 6. The minimum atomic E-state index is -3.46. The summed E-state index contributed by atoms with van der Waals surface area (Å²) in [6.45, 7) is -0.577. The summed E-state index contributed by atoms with van der Waals surface area (Å²) in [5.41, 5.74) is 6.23. The Morgan fingerprint density at radius 2 is 1.88 bits per heavy atom. The lowest BCUT2D eigenvalue weighted by molar-refractivity contribution is -0.0476. The molecule has 138 valence electrons. The Morgan fingerprint density at radius 1 is 1.20 bits per heavy atom. The highest BCUT2D eigenvalue weighted by Gasteiger charge is 2.49. The molecule has 25 heavy (non-hydrogen) atoms. The Morgan fingerprint density at radius 3 is 2.52 bits per heavy atom. The maximum Gasteiger partial charge on any atom is 0.317 e. The lowest BCUT2D eigenvalue weighted by Crippen LogP contribution is -2.35. The molecule has 15 heteroatoms. The molecule has 0 bridgehead atoms. The number of hydrogen-bond donors (Lipinski definition) is 4. The summed E-state index contributed by atoms with van der Waals surface area (Å²) in [5.74, 6) is 0.113. The van der Waals surface area contributed by atoms with E-state index >= 15 is 0 Å². The van der Waals surface area contributed by atoms with Crippen LogP contribution >= 0.6 is 16.5 Å². The maximum atomic E-state index is 11.2. The zero-order valence-corrected chi connectivity index (χ0v) is 14.4. The van der Waals surface area contributed by atoms with Gasteiger partial charge in [-0.25, -0.2) is 15.0 Å². The number of nitrogens with zero attached hydrogens (tertiary/aromatic N) is 4. The topological polar surface area (TPSA) is 192 Å². The van der Waals surface area contributed by atoms with E-state index in [0.29, 0.717) is 0 Å². The molecule has 1 aliphatic rings. The number of fused-ring (bicyclic) bond motifs is 1. The molecule has 1 saturated heterocycles. The molecule has 0 aromatic carbocycles. The summed E-state index contributed by atoms with van der Waals surface area (Å²) in [4.78, 5) is 30.1. The molecule has 0 spiro atoms. The van der Waals surface area contributed by atoms with Crippen molar-refractivity contribution in [3.8, 4) is 0 Å². The zero-order valence-electron chi connectivity index (χ0n) is 12.4. The summed E-state index contributed by atoms with van der Waals surface area (Å²) in [5, 5.41) is 9.44.